The van der Waals surface area contributed by atoms with E-state index in [2.05, 4.69) is 4.98 Å². The van der Waals surface area contributed by atoms with Gasteiger partial charge in [-0.05, 0) is 23.8 Å². The zero-order valence-corrected chi connectivity index (χ0v) is 13.2. The van der Waals surface area contributed by atoms with Gasteiger partial charge in [0.1, 0.15) is 5.01 Å². The highest BCUT2D eigenvalue weighted by Crippen LogP contribution is 2.35. The summed E-state index contributed by atoms with van der Waals surface area (Å²) in [6.45, 7) is 0. The minimum Gasteiger partial charge on any atom is -0.481 e. The highest BCUT2D eigenvalue weighted by Gasteiger charge is 2.11. The van der Waals surface area contributed by atoms with Gasteiger partial charge in [0.2, 0.25) is 0 Å². The van der Waals surface area contributed by atoms with Gasteiger partial charge in [-0.25, -0.2) is 4.98 Å². The second-order valence-corrected chi connectivity index (χ2v) is 6.64. The number of carboxylic acids is 1. The fraction of sp³-hybridized carbons (Fsp3) is 0.0588. The number of nitrogens with zero attached hydrogens (tertiary/aromatic N) is 1. The number of aliphatic carboxylic acids is 1. The molecule has 110 valence electrons. The first-order chi connectivity index (χ1) is 10.7. The second-order valence-electron chi connectivity index (χ2n) is 4.59. The van der Waals surface area contributed by atoms with Crippen molar-refractivity contribution in [1.82, 2.24) is 4.98 Å². The molecule has 0 amide bonds. The lowest BCUT2D eigenvalue weighted by atomic mass is 10.2. The number of thioether (sulfide) groups is 1. The van der Waals surface area contributed by atoms with E-state index >= 15 is 0 Å². The Balaban J connectivity index is 2.00. The van der Waals surface area contributed by atoms with Gasteiger partial charge in [0, 0.05) is 4.91 Å². The van der Waals surface area contributed by atoms with Crippen LogP contribution in [0.25, 0.3) is 21.2 Å². The van der Waals surface area contributed by atoms with Crippen molar-refractivity contribution in [2.75, 3.05) is 5.75 Å². The molecule has 22 heavy (non-hydrogen) atoms. The van der Waals surface area contributed by atoms with Gasteiger partial charge in [-0.15, -0.1) is 23.1 Å². The van der Waals surface area contributed by atoms with Crippen LogP contribution in [0.15, 0.2) is 54.6 Å². The third-order valence-corrected chi connectivity index (χ3v) is 5.17. The summed E-state index contributed by atoms with van der Waals surface area (Å²) in [5.41, 5.74) is 1.98. The molecule has 0 aliphatic carbocycles. The van der Waals surface area contributed by atoms with Gasteiger partial charge < -0.3 is 5.11 Å². The van der Waals surface area contributed by atoms with Gasteiger partial charge in [-0.2, -0.15) is 0 Å². The normalized spacial score (nSPS) is 11.7. The maximum atomic E-state index is 10.9. The van der Waals surface area contributed by atoms with Crippen molar-refractivity contribution in [3.05, 3.63) is 65.2 Å². The van der Waals surface area contributed by atoms with Crippen molar-refractivity contribution in [2.45, 2.75) is 0 Å². The molecule has 2 aromatic carbocycles. The molecule has 0 fully saturated rings. The number of carboxylic acid groups (broad SMARTS) is 1. The Morgan fingerprint density at radius 1 is 1.14 bits per heavy atom. The maximum absolute atomic E-state index is 10.9. The Morgan fingerprint density at radius 2 is 1.86 bits per heavy atom. The van der Waals surface area contributed by atoms with Gasteiger partial charge in [0.05, 0.1) is 16.0 Å². The fourth-order valence-corrected chi connectivity index (χ4v) is 3.83. The van der Waals surface area contributed by atoms with Crippen LogP contribution in [0.4, 0.5) is 0 Å². The number of hydrogen-bond donors (Lipinski definition) is 1. The molecule has 0 unspecified atom stereocenters. The molecule has 0 atom stereocenters. The zero-order valence-electron chi connectivity index (χ0n) is 11.6. The summed E-state index contributed by atoms with van der Waals surface area (Å²) in [5, 5.41) is 9.81. The Hall–Kier alpha value is -2.11. The third kappa shape index (κ3) is 3.55. The second kappa shape index (κ2) is 6.77. The van der Waals surface area contributed by atoms with Crippen LogP contribution in [-0.4, -0.2) is 21.8 Å². The standard InChI is InChI=1S/C17H13NO2S2/c19-16(20)11-21-15(10-12-6-2-1-3-7-12)17-18-13-8-4-5-9-14(13)22-17/h1-10H,11H2,(H,19,20)/b15-10-. The lowest BCUT2D eigenvalue weighted by molar-refractivity contribution is -0.133. The Labute approximate surface area is 136 Å². The molecule has 1 heterocycles. The molecule has 0 bridgehead atoms. The van der Waals surface area contributed by atoms with Crippen LogP contribution in [0.5, 0.6) is 0 Å². The molecule has 1 N–H and O–H groups in total. The fourth-order valence-electron chi connectivity index (χ4n) is 1.98. The van der Waals surface area contributed by atoms with E-state index in [0.29, 0.717) is 0 Å². The van der Waals surface area contributed by atoms with Gasteiger partial charge in [-0.1, -0.05) is 42.5 Å². The summed E-state index contributed by atoms with van der Waals surface area (Å²) in [4.78, 5) is 16.4. The average Bonchev–Trinajstić information content (AvgIpc) is 2.96. The molecule has 1 aromatic heterocycles. The molecule has 0 saturated heterocycles. The number of thiazole rings is 1. The van der Waals surface area contributed by atoms with E-state index in [4.69, 9.17) is 5.11 Å². The molecule has 0 aliphatic heterocycles. The highest BCUT2D eigenvalue weighted by molar-refractivity contribution is 8.09. The van der Waals surface area contributed by atoms with Crippen molar-refractivity contribution in [2.24, 2.45) is 0 Å². The molecule has 5 heteroatoms. The largest absolute Gasteiger partial charge is 0.481 e. The van der Waals surface area contributed by atoms with E-state index in [0.717, 1.165) is 25.7 Å². The maximum Gasteiger partial charge on any atom is 0.313 e. The summed E-state index contributed by atoms with van der Waals surface area (Å²) in [7, 11) is 0. The average molecular weight is 327 g/mol. The zero-order chi connectivity index (χ0) is 15.4. The number of aromatic nitrogens is 1. The van der Waals surface area contributed by atoms with Gasteiger partial charge >= 0.3 is 5.97 Å². The molecule has 0 aliphatic rings. The Bertz CT molecular complexity index is 792. The molecule has 3 rings (SSSR count). The number of para-hydroxylation sites is 1. The van der Waals surface area contributed by atoms with Crippen LogP contribution < -0.4 is 0 Å². The van der Waals surface area contributed by atoms with Crippen LogP contribution in [0, 0.1) is 0 Å². The van der Waals surface area contributed by atoms with E-state index < -0.39 is 5.97 Å². The van der Waals surface area contributed by atoms with Crippen LogP contribution >= 0.6 is 23.1 Å². The molecular formula is C17H13NO2S2. The lowest BCUT2D eigenvalue weighted by Gasteiger charge is -2.02. The number of hydrogen-bond acceptors (Lipinski definition) is 4. The Morgan fingerprint density at radius 3 is 2.59 bits per heavy atom. The summed E-state index contributed by atoms with van der Waals surface area (Å²) >= 11 is 2.89. The van der Waals surface area contributed by atoms with Crippen LogP contribution in [0.2, 0.25) is 0 Å². The molecular weight excluding hydrogens is 314 g/mol. The predicted octanol–water partition coefficient (Wildman–Crippen LogP) is 4.61. The topological polar surface area (TPSA) is 50.2 Å². The SMILES string of the molecule is O=C(O)CS/C(=C\c1ccccc1)c1nc2ccccc2s1. The number of carbonyl (C=O) groups is 1. The minimum atomic E-state index is -0.829. The molecule has 0 saturated carbocycles. The van der Waals surface area contributed by atoms with E-state index in [1.165, 1.54) is 11.8 Å². The summed E-state index contributed by atoms with van der Waals surface area (Å²) in [6.07, 6.45) is 1.99. The van der Waals surface area contributed by atoms with Crippen molar-refractivity contribution < 1.29 is 9.90 Å². The summed E-state index contributed by atoms with van der Waals surface area (Å²) < 4.78 is 1.10. The molecule has 3 nitrogen and oxygen atoms in total. The van der Waals surface area contributed by atoms with Gasteiger partial charge in [0.25, 0.3) is 0 Å². The minimum absolute atomic E-state index is 0.0224. The summed E-state index contributed by atoms with van der Waals surface area (Å²) in [6, 6.07) is 17.8. The van der Waals surface area contributed by atoms with Crippen molar-refractivity contribution in [3.8, 4) is 0 Å². The molecule has 0 radical (unpaired) electrons. The molecule has 3 aromatic rings. The van der Waals surface area contributed by atoms with Crippen molar-refractivity contribution >= 4 is 50.3 Å². The van der Waals surface area contributed by atoms with Gasteiger partial charge in [-0.3, -0.25) is 4.79 Å². The first kappa shape index (κ1) is 14.8. The van der Waals surface area contributed by atoms with E-state index in [9.17, 15) is 4.79 Å². The predicted molar refractivity (Wildman–Crippen MR) is 94.0 cm³/mol. The van der Waals surface area contributed by atoms with E-state index in [-0.39, 0.29) is 5.75 Å². The summed E-state index contributed by atoms with van der Waals surface area (Å²) in [5.74, 6) is -0.806. The first-order valence-electron chi connectivity index (χ1n) is 6.69. The van der Waals surface area contributed by atoms with E-state index in [1.54, 1.807) is 11.3 Å². The smallest absolute Gasteiger partial charge is 0.313 e. The Kier molecular flexibility index (Phi) is 4.56. The first-order valence-corrected chi connectivity index (χ1v) is 8.50. The lowest BCUT2D eigenvalue weighted by Crippen LogP contribution is -1.97. The number of fused-ring (bicyclic) bond motifs is 1. The van der Waals surface area contributed by atoms with Crippen LogP contribution in [0.1, 0.15) is 10.6 Å². The van der Waals surface area contributed by atoms with Crippen LogP contribution in [0.3, 0.4) is 0 Å². The van der Waals surface area contributed by atoms with E-state index in [1.807, 2.05) is 60.7 Å². The number of benzene rings is 2. The number of rotatable bonds is 5. The highest BCUT2D eigenvalue weighted by atomic mass is 32.2. The third-order valence-electron chi connectivity index (χ3n) is 2.95. The van der Waals surface area contributed by atoms with Crippen LogP contribution in [-0.2, 0) is 4.79 Å². The van der Waals surface area contributed by atoms with Crippen molar-refractivity contribution in [3.63, 3.8) is 0 Å². The molecule has 0 spiro atoms. The van der Waals surface area contributed by atoms with Gasteiger partial charge in [0.15, 0.2) is 0 Å². The quantitative estimate of drug-likeness (QED) is 0.743. The van der Waals surface area contributed by atoms with Crippen molar-refractivity contribution in [1.29, 1.82) is 0 Å². The monoisotopic (exact) mass is 327 g/mol.